The van der Waals surface area contributed by atoms with Crippen molar-refractivity contribution in [3.05, 3.63) is 24.3 Å². The van der Waals surface area contributed by atoms with E-state index in [1.807, 2.05) is 17.0 Å². The smallest absolute Gasteiger partial charge is 0.322 e. The number of hydrogen-bond acceptors (Lipinski definition) is 3. The summed E-state index contributed by atoms with van der Waals surface area (Å²) in [5.41, 5.74) is 0.637. The predicted molar refractivity (Wildman–Crippen MR) is 88.5 cm³/mol. The van der Waals surface area contributed by atoms with Crippen LogP contribution in [0.3, 0.4) is 0 Å². The summed E-state index contributed by atoms with van der Waals surface area (Å²) in [6, 6.07) is 7.15. The van der Waals surface area contributed by atoms with E-state index in [2.05, 4.69) is 11.2 Å². The molecule has 0 atom stereocenters. The molecule has 0 unspecified atom stereocenters. The van der Waals surface area contributed by atoms with Crippen molar-refractivity contribution >= 4 is 11.7 Å². The molecule has 1 saturated carbocycles. The van der Waals surface area contributed by atoms with E-state index < -0.39 is 0 Å². The molecule has 1 aliphatic heterocycles. The van der Waals surface area contributed by atoms with E-state index in [0.29, 0.717) is 25.4 Å². The molecular weight excluding hydrogens is 292 g/mol. The highest BCUT2D eigenvalue weighted by Crippen LogP contribution is 2.35. The van der Waals surface area contributed by atoms with Gasteiger partial charge in [0.25, 0.3) is 0 Å². The Bertz CT molecular complexity index is 585. The molecule has 1 aromatic rings. The number of nitrogens with zero attached hydrogens (tertiary/aromatic N) is 1. The number of carbonyl (C=O) groups is 1. The van der Waals surface area contributed by atoms with Gasteiger partial charge in [-0.3, -0.25) is 0 Å². The Labute approximate surface area is 136 Å². The second kappa shape index (κ2) is 6.93. The summed E-state index contributed by atoms with van der Waals surface area (Å²) in [7, 11) is 0. The maximum atomic E-state index is 12.5. The Hall–Kier alpha value is -2.19. The summed E-state index contributed by atoms with van der Waals surface area (Å²) in [6.07, 6.45) is 9.64. The maximum Gasteiger partial charge on any atom is 0.322 e. The molecule has 0 radical (unpaired) electrons. The Morgan fingerprint density at radius 3 is 2.78 bits per heavy atom. The lowest BCUT2D eigenvalue weighted by molar-refractivity contribution is -0.0914. The first-order valence-corrected chi connectivity index (χ1v) is 8.07. The fourth-order valence-corrected chi connectivity index (χ4v) is 3.30. The number of nitrogens with one attached hydrogen (secondary N) is 1. The van der Waals surface area contributed by atoms with Crippen LogP contribution in [0.2, 0.25) is 0 Å². The van der Waals surface area contributed by atoms with Crippen molar-refractivity contribution in [3.8, 4) is 18.1 Å². The molecule has 1 aliphatic carbocycles. The molecule has 3 rings (SSSR count). The van der Waals surface area contributed by atoms with Crippen LogP contribution < -0.4 is 10.1 Å². The van der Waals surface area contributed by atoms with Crippen LogP contribution in [0.15, 0.2) is 24.3 Å². The second-order valence-corrected chi connectivity index (χ2v) is 6.11. The molecule has 1 aromatic carbocycles. The minimum absolute atomic E-state index is 0.0723. The van der Waals surface area contributed by atoms with Gasteiger partial charge in [-0.25, -0.2) is 4.79 Å². The number of amides is 2. The second-order valence-electron chi connectivity index (χ2n) is 6.11. The average Bonchev–Trinajstić information content (AvgIpc) is 3.02. The van der Waals surface area contributed by atoms with Crippen LogP contribution in [-0.2, 0) is 4.74 Å². The number of terminal acetylenes is 1. The Kier molecular flexibility index (Phi) is 4.73. The number of ether oxygens (including phenoxy) is 2. The van der Waals surface area contributed by atoms with E-state index in [-0.39, 0.29) is 18.2 Å². The highest BCUT2D eigenvalue weighted by Gasteiger charge is 2.40. The van der Waals surface area contributed by atoms with E-state index in [0.717, 1.165) is 18.5 Å². The van der Waals surface area contributed by atoms with Gasteiger partial charge in [0.05, 0.1) is 18.8 Å². The first-order valence-electron chi connectivity index (χ1n) is 8.07. The van der Waals surface area contributed by atoms with Gasteiger partial charge < -0.3 is 19.7 Å². The third-order valence-electron chi connectivity index (χ3n) is 4.48. The minimum Gasteiger partial charge on any atom is -0.481 e. The Morgan fingerprint density at radius 1 is 1.35 bits per heavy atom. The standard InChI is InChI=1S/C18H22N2O3/c1-2-12-22-16-7-5-15(6-8-16)19-17(21)20-11-13-23-18(14-20)9-3-4-10-18/h1,5-8H,3-4,9-14H2,(H,19,21). The van der Waals surface area contributed by atoms with Crippen molar-refractivity contribution in [2.24, 2.45) is 0 Å². The van der Waals surface area contributed by atoms with Crippen LogP contribution in [0.5, 0.6) is 5.75 Å². The van der Waals surface area contributed by atoms with Crippen molar-refractivity contribution in [2.75, 3.05) is 31.6 Å². The number of urea groups is 1. The number of carbonyl (C=O) groups excluding carboxylic acids is 1. The SMILES string of the molecule is C#CCOc1ccc(NC(=O)N2CCOC3(CCCC3)C2)cc1. The quantitative estimate of drug-likeness (QED) is 0.873. The zero-order valence-electron chi connectivity index (χ0n) is 13.2. The van der Waals surface area contributed by atoms with Gasteiger partial charge in [0.15, 0.2) is 0 Å². The van der Waals surface area contributed by atoms with E-state index >= 15 is 0 Å². The van der Waals surface area contributed by atoms with E-state index in [1.165, 1.54) is 12.8 Å². The van der Waals surface area contributed by atoms with Crippen LogP contribution in [-0.4, -0.2) is 42.8 Å². The summed E-state index contributed by atoms with van der Waals surface area (Å²) >= 11 is 0. The monoisotopic (exact) mass is 314 g/mol. The van der Waals surface area contributed by atoms with Crippen LogP contribution in [0.1, 0.15) is 25.7 Å². The largest absolute Gasteiger partial charge is 0.481 e. The van der Waals surface area contributed by atoms with Gasteiger partial charge in [0.1, 0.15) is 12.4 Å². The molecule has 1 N–H and O–H groups in total. The van der Waals surface area contributed by atoms with Crippen molar-refractivity contribution in [2.45, 2.75) is 31.3 Å². The fourth-order valence-electron chi connectivity index (χ4n) is 3.30. The van der Waals surface area contributed by atoms with Crippen molar-refractivity contribution in [1.29, 1.82) is 0 Å². The topological polar surface area (TPSA) is 50.8 Å². The van der Waals surface area contributed by atoms with E-state index in [9.17, 15) is 4.79 Å². The van der Waals surface area contributed by atoms with Crippen molar-refractivity contribution in [1.82, 2.24) is 4.90 Å². The average molecular weight is 314 g/mol. The van der Waals surface area contributed by atoms with Gasteiger partial charge in [0.2, 0.25) is 0 Å². The Morgan fingerprint density at radius 2 is 2.09 bits per heavy atom. The van der Waals surface area contributed by atoms with Gasteiger partial charge in [-0.2, -0.15) is 0 Å². The van der Waals surface area contributed by atoms with Crippen LogP contribution in [0.25, 0.3) is 0 Å². The zero-order valence-corrected chi connectivity index (χ0v) is 13.2. The van der Waals surface area contributed by atoms with Crippen LogP contribution in [0, 0.1) is 12.3 Å². The van der Waals surface area contributed by atoms with Crippen LogP contribution in [0.4, 0.5) is 10.5 Å². The molecule has 2 aliphatic rings. The molecule has 1 saturated heterocycles. The fraction of sp³-hybridized carbons (Fsp3) is 0.500. The highest BCUT2D eigenvalue weighted by molar-refractivity contribution is 5.89. The van der Waals surface area contributed by atoms with Gasteiger partial charge in [-0.05, 0) is 37.1 Å². The summed E-state index contributed by atoms with van der Waals surface area (Å²) in [6.45, 7) is 2.17. The van der Waals surface area contributed by atoms with Crippen molar-refractivity contribution in [3.63, 3.8) is 0 Å². The first kappa shape index (κ1) is 15.7. The van der Waals surface area contributed by atoms with Crippen molar-refractivity contribution < 1.29 is 14.3 Å². The molecule has 5 heteroatoms. The molecule has 5 nitrogen and oxygen atoms in total. The van der Waals surface area contributed by atoms with E-state index in [1.54, 1.807) is 12.1 Å². The molecule has 2 fully saturated rings. The number of rotatable bonds is 3. The number of benzene rings is 1. The third-order valence-corrected chi connectivity index (χ3v) is 4.48. The molecular formula is C18H22N2O3. The molecule has 0 aromatic heterocycles. The van der Waals surface area contributed by atoms with Gasteiger partial charge >= 0.3 is 6.03 Å². The predicted octanol–water partition coefficient (Wildman–Crippen LogP) is 2.88. The number of anilines is 1. The summed E-state index contributed by atoms with van der Waals surface area (Å²) in [5, 5.41) is 2.94. The third kappa shape index (κ3) is 3.77. The number of hydrogen-bond donors (Lipinski definition) is 1. The number of morpholine rings is 1. The zero-order chi connectivity index (χ0) is 16.1. The summed E-state index contributed by atoms with van der Waals surface area (Å²) < 4.78 is 11.3. The molecule has 1 heterocycles. The lowest BCUT2D eigenvalue weighted by Crippen LogP contribution is -2.53. The highest BCUT2D eigenvalue weighted by atomic mass is 16.5. The van der Waals surface area contributed by atoms with Crippen LogP contribution >= 0.6 is 0 Å². The van der Waals surface area contributed by atoms with Gasteiger partial charge in [-0.15, -0.1) is 6.42 Å². The molecule has 122 valence electrons. The lowest BCUT2D eigenvalue weighted by Gasteiger charge is -2.40. The van der Waals surface area contributed by atoms with Gasteiger partial charge in [0, 0.05) is 12.2 Å². The molecule has 2 amide bonds. The maximum absolute atomic E-state index is 12.5. The summed E-state index contributed by atoms with van der Waals surface area (Å²) in [4.78, 5) is 14.3. The molecule has 1 spiro atoms. The molecule has 23 heavy (non-hydrogen) atoms. The lowest BCUT2D eigenvalue weighted by atomic mass is 10.00. The van der Waals surface area contributed by atoms with E-state index in [4.69, 9.17) is 15.9 Å². The van der Waals surface area contributed by atoms with Gasteiger partial charge in [-0.1, -0.05) is 18.8 Å². The minimum atomic E-state index is -0.109. The Balaban J connectivity index is 1.57. The normalized spacial score (nSPS) is 19.3. The summed E-state index contributed by atoms with van der Waals surface area (Å²) in [5.74, 6) is 3.11. The first-order chi connectivity index (χ1) is 11.2. The molecule has 0 bridgehead atoms.